The second-order valence-corrected chi connectivity index (χ2v) is 7.49. The largest absolute Gasteiger partial charge is 0.324 e. The van der Waals surface area contributed by atoms with Gasteiger partial charge in [-0.15, -0.1) is 0 Å². The number of nitrogens with one attached hydrogen (secondary N) is 1. The number of carbonyl (C=O) groups excluding carboxylic acids is 1. The number of hydrogen-bond acceptors (Lipinski definition) is 3. The Morgan fingerprint density at radius 3 is 2.69 bits per heavy atom. The Balaban J connectivity index is 1.56. The molecule has 146 valence electrons. The maximum Gasteiger partial charge on any atom is 0.256 e. The van der Waals surface area contributed by atoms with Crippen molar-refractivity contribution in [2.75, 3.05) is 5.32 Å². The quantitative estimate of drug-likeness (QED) is 0.565. The number of fused-ring (bicyclic) bond motifs is 1. The van der Waals surface area contributed by atoms with Gasteiger partial charge in [0, 0.05) is 36.7 Å². The van der Waals surface area contributed by atoms with Crippen LogP contribution in [-0.4, -0.2) is 25.2 Å². The Labute approximate surface area is 167 Å². The molecule has 0 unspecified atom stereocenters. The summed E-state index contributed by atoms with van der Waals surface area (Å²) in [4.78, 5) is 17.9. The molecule has 1 N–H and O–H groups in total. The van der Waals surface area contributed by atoms with E-state index in [1.54, 1.807) is 16.8 Å². The van der Waals surface area contributed by atoms with E-state index >= 15 is 0 Å². The summed E-state index contributed by atoms with van der Waals surface area (Å²) in [7, 11) is 1.82. The van der Waals surface area contributed by atoms with E-state index in [2.05, 4.69) is 10.4 Å². The molecule has 1 amide bonds. The molecule has 4 aromatic rings. The van der Waals surface area contributed by atoms with Crippen molar-refractivity contribution in [3.05, 3.63) is 71.6 Å². The predicted octanol–water partition coefficient (Wildman–Crippen LogP) is 4.34. The van der Waals surface area contributed by atoms with Crippen LogP contribution in [0.2, 0.25) is 0 Å². The van der Waals surface area contributed by atoms with Gasteiger partial charge in [-0.05, 0) is 56.2 Å². The fourth-order valence-corrected chi connectivity index (χ4v) is 3.70. The Hall–Kier alpha value is -3.48. The third kappa shape index (κ3) is 3.08. The molecule has 5 rings (SSSR count). The molecule has 1 saturated carbocycles. The van der Waals surface area contributed by atoms with Crippen LogP contribution in [0.15, 0.2) is 48.8 Å². The zero-order valence-electron chi connectivity index (χ0n) is 16.2. The molecule has 0 radical (unpaired) electrons. The minimum Gasteiger partial charge on any atom is -0.324 e. The van der Waals surface area contributed by atoms with E-state index in [1.807, 2.05) is 49.1 Å². The lowest BCUT2D eigenvalue weighted by Crippen LogP contribution is -2.15. The first-order valence-corrected chi connectivity index (χ1v) is 9.60. The summed E-state index contributed by atoms with van der Waals surface area (Å²) in [6, 6.07) is 10.3. The van der Waals surface area contributed by atoms with E-state index in [4.69, 9.17) is 4.98 Å². The number of halogens is 1. The summed E-state index contributed by atoms with van der Waals surface area (Å²) in [5.41, 5.74) is 3.69. The van der Waals surface area contributed by atoms with Crippen molar-refractivity contribution in [1.29, 1.82) is 0 Å². The van der Waals surface area contributed by atoms with E-state index in [-0.39, 0.29) is 11.6 Å². The maximum absolute atomic E-state index is 14.4. The molecule has 0 bridgehead atoms. The van der Waals surface area contributed by atoms with Crippen LogP contribution in [0.4, 0.5) is 10.1 Å². The molecule has 3 heterocycles. The molecule has 1 fully saturated rings. The van der Waals surface area contributed by atoms with E-state index in [1.165, 1.54) is 6.07 Å². The summed E-state index contributed by atoms with van der Waals surface area (Å²) in [6.45, 7) is 1.85. The van der Waals surface area contributed by atoms with Gasteiger partial charge in [0.1, 0.15) is 5.82 Å². The van der Waals surface area contributed by atoms with Gasteiger partial charge in [0.15, 0.2) is 5.65 Å². The van der Waals surface area contributed by atoms with Gasteiger partial charge in [-0.2, -0.15) is 5.10 Å². The fourth-order valence-electron chi connectivity index (χ4n) is 3.70. The second kappa shape index (κ2) is 6.55. The summed E-state index contributed by atoms with van der Waals surface area (Å²) in [5, 5.41) is 7.88. The summed E-state index contributed by atoms with van der Waals surface area (Å²) in [6.07, 6.45) is 5.88. The Bertz CT molecular complexity index is 1240. The van der Waals surface area contributed by atoms with Crippen LogP contribution in [0.1, 0.15) is 40.5 Å². The molecule has 7 heteroatoms. The molecule has 1 aromatic carbocycles. The van der Waals surface area contributed by atoms with Gasteiger partial charge in [0.25, 0.3) is 5.91 Å². The highest BCUT2D eigenvalue weighted by Crippen LogP contribution is 2.40. The molecule has 0 saturated heterocycles. The van der Waals surface area contributed by atoms with Crippen molar-refractivity contribution in [1.82, 2.24) is 19.3 Å². The van der Waals surface area contributed by atoms with Crippen LogP contribution >= 0.6 is 0 Å². The summed E-state index contributed by atoms with van der Waals surface area (Å²) < 4.78 is 18.0. The van der Waals surface area contributed by atoms with Crippen molar-refractivity contribution in [3.8, 4) is 5.69 Å². The number of aryl methyl sites for hydroxylation is 2. The van der Waals surface area contributed by atoms with Crippen LogP contribution in [0.5, 0.6) is 0 Å². The first-order chi connectivity index (χ1) is 14.0. The lowest BCUT2D eigenvalue weighted by atomic mass is 10.1. The molecule has 0 spiro atoms. The van der Waals surface area contributed by atoms with Gasteiger partial charge in [-0.3, -0.25) is 9.48 Å². The minimum absolute atomic E-state index is 0.140. The first kappa shape index (κ1) is 17.6. The molecule has 6 nitrogen and oxygen atoms in total. The zero-order chi connectivity index (χ0) is 20.1. The van der Waals surface area contributed by atoms with Crippen molar-refractivity contribution in [2.24, 2.45) is 7.05 Å². The number of rotatable bonds is 4. The van der Waals surface area contributed by atoms with Crippen LogP contribution in [0.3, 0.4) is 0 Å². The molecule has 29 heavy (non-hydrogen) atoms. The smallest absolute Gasteiger partial charge is 0.256 e. The van der Waals surface area contributed by atoms with Crippen LogP contribution in [-0.2, 0) is 7.05 Å². The molecule has 0 atom stereocenters. The molecule has 3 aromatic heterocycles. The van der Waals surface area contributed by atoms with Crippen molar-refractivity contribution in [3.63, 3.8) is 0 Å². The number of carbonyl (C=O) groups is 1. The van der Waals surface area contributed by atoms with Gasteiger partial charge >= 0.3 is 0 Å². The number of hydrogen-bond donors (Lipinski definition) is 1. The van der Waals surface area contributed by atoms with Gasteiger partial charge in [0.05, 0.1) is 22.3 Å². The number of nitrogens with zero attached hydrogens (tertiary/aromatic N) is 4. The van der Waals surface area contributed by atoms with E-state index in [0.717, 1.165) is 29.9 Å². The number of amides is 1. The molecular weight excluding hydrogens is 369 g/mol. The Morgan fingerprint density at radius 2 is 1.97 bits per heavy atom. The third-order valence-electron chi connectivity index (χ3n) is 5.33. The van der Waals surface area contributed by atoms with Crippen molar-refractivity contribution in [2.45, 2.75) is 25.7 Å². The highest BCUT2D eigenvalue weighted by Gasteiger charge is 2.28. The Morgan fingerprint density at radius 1 is 1.21 bits per heavy atom. The van der Waals surface area contributed by atoms with Crippen LogP contribution in [0, 0.1) is 12.7 Å². The Kier molecular flexibility index (Phi) is 3.97. The van der Waals surface area contributed by atoms with Crippen LogP contribution in [0.25, 0.3) is 16.7 Å². The van der Waals surface area contributed by atoms with E-state index < -0.39 is 5.82 Å². The van der Waals surface area contributed by atoms with Gasteiger partial charge < -0.3 is 9.88 Å². The minimum atomic E-state index is -0.482. The monoisotopic (exact) mass is 389 g/mol. The van der Waals surface area contributed by atoms with Gasteiger partial charge in [0.2, 0.25) is 0 Å². The van der Waals surface area contributed by atoms with Crippen molar-refractivity contribution >= 4 is 22.6 Å². The number of benzene rings is 1. The highest BCUT2D eigenvalue weighted by molar-refractivity contribution is 6.12. The van der Waals surface area contributed by atoms with E-state index in [9.17, 15) is 9.18 Å². The first-order valence-electron chi connectivity index (χ1n) is 9.60. The second-order valence-electron chi connectivity index (χ2n) is 7.49. The highest BCUT2D eigenvalue weighted by atomic mass is 19.1. The number of pyridine rings is 1. The average Bonchev–Trinajstić information content (AvgIpc) is 3.34. The lowest BCUT2D eigenvalue weighted by Gasteiger charge is -2.11. The maximum atomic E-state index is 14.4. The SMILES string of the molecule is Cc1nn(C)c2nc(C3CC3)cc(C(=O)Nc3cc(-n4cccc4)ccc3F)c12. The molecular formula is C22H20FN5O. The molecule has 1 aliphatic carbocycles. The normalized spacial score (nSPS) is 13.8. The van der Waals surface area contributed by atoms with E-state index in [0.29, 0.717) is 22.5 Å². The predicted molar refractivity (Wildman–Crippen MR) is 109 cm³/mol. The van der Waals surface area contributed by atoms with Crippen molar-refractivity contribution < 1.29 is 9.18 Å². The third-order valence-corrected chi connectivity index (χ3v) is 5.33. The van der Waals surface area contributed by atoms with Gasteiger partial charge in [-0.1, -0.05) is 0 Å². The summed E-state index contributed by atoms with van der Waals surface area (Å²) in [5.74, 6) is -0.459. The standard InChI is InChI=1S/C22H20FN5O/c1-13-20-16(12-18(14-5-6-14)24-21(20)27(2)26-13)22(29)25-19-11-15(7-8-17(19)23)28-9-3-4-10-28/h3-4,7-12,14H,5-6H2,1-2H3,(H,25,29). The fraction of sp³-hybridized carbons (Fsp3) is 0.227. The van der Waals surface area contributed by atoms with Crippen LogP contribution < -0.4 is 5.32 Å². The molecule has 0 aliphatic heterocycles. The summed E-state index contributed by atoms with van der Waals surface area (Å²) >= 11 is 0. The zero-order valence-corrected chi connectivity index (χ0v) is 16.2. The lowest BCUT2D eigenvalue weighted by molar-refractivity contribution is 0.102. The molecule has 1 aliphatic rings. The van der Waals surface area contributed by atoms with Gasteiger partial charge in [-0.25, -0.2) is 9.37 Å². The average molecular weight is 389 g/mol. The number of anilines is 1. The topological polar surface area (TPSA) is 64.7 Å². The number of aromatic nitrogens is 4.